The molecule has 1 N–H and O–H groups in total. The molecule has 3 heteroatoms. The average Bonchev–Trinajstić information content (AvgIpc) is 2.27. The zero-order valence-electron chi connectivity index (χ0n) is 8.88. The first-order chi connectivity index (χ1) is 7.68. The summed E-state index contributed by atoms with van der Waals surface area (Å²) in [5.41, 5.74) is 0.889. The second kappa shape index (κ2) is 4.23. The van der Waals surface area contributed by atoms with Crippen LogP contribution in [0.15, 0.2) is 42.5 Å². The molecule has 1 unspecified atom stereocenters. The molecule has 1 atom stereocenters. The van der Waals surface area contributed by atoms with E-state index in [0.717, 1.165) is 16.3 Å². The molecule has 3 nitrogen and oxygen atoms in total. The Labute approximate surface area is 93.3 Å². The van der Waals surface area contributed by atoms with E-state index in [0.29, 0.717) is 0 Å². The van der Waals surface area contributed by atoms with Gasteiger partial charge in [0.15, 0.2) is 0 Å². The molecule has 0 aliphatic rings. The Kier molecular flexibility index (Phi) is 2.77. The smallest absolute Gasteiger partial charge is 0.450 e. The molecule has 0 heterocycles. The van der Waals surface area contributed by atoms with Crippen molar-refractivity contribution in [2.75, 3.05) is 0 Å². The zero-order valence-corrected chi connectivity index (χ0v) is 8.88. The fourth-order valence-corrected chi connectivity index (χ4v) is 1.82. The second-order valence-corrected chi connectivity index (χ2v) is 3.59. The summed E-state index contributed by atoms with van der Waals surface area (Å²) < 4.78 is 4.76. The summed E-state index contributed by atoms with van der Waals surface area (Å²) in [7, 11) is 0. The predicted molar refractivity (Wildman–Crippen MR) is 61.5 cm³/mol. The molecule has 0 aromatic heterocycles. The van der Waals surface area contributed by atoms with E-state index in [1.165, 1.54) is 0 Å². The molecule has 0 saturated carbocycles. The topological polar surface area (TPSA) is 46.5 Å². The van der Waals surface area contributed by atoms with E-state index in [1.54, 1.807) is 6.92 Å². The van der Waals surface area contributed by atoms with Gasteiger partial charge in [0.1, 0.15) is 6.10 Å². The van der Waals surface area contributed by atoms with Crippen LogP contribution in [0.4, 0.5) is 4.79 Å². The molecule has 0 spiro atoms. The standard InChI is InChI=1S/C13H12O3/c1-9(16-13(14)15)11-8-4-6-10-5-2-3-7-12(10)11/h2-9H,1H3,(H,14,15). The van der Waals surface area contributed by atoms with Gasteiger partial charge in [-0.05, 0) is 17.7 Å². The molecule has 0 bridgehead atoms. The summed E-state index contributed by atoms with van der Waals surface area (Å²) in [5.74, 6) is 0. The maximum Gasteiger partial charge on any atom is 0.506 e. The van der Waals surface area contributed by atoms with Crippen LogP contribution in [0.2, 0.25) is 0 Å². The number of hydrogen-bond donors (Lipinski definition) is 1. The minimum Gasteiger partial charge on any atom is -0.450 e. The molecule has 0 saturated heterocycles. The van der Waals surface area contributed by atoms with Crippen LogP contribution in [0.1, 0.15) is 18.6 Å². The normalized spacial score (nSPS) is 12.3. The highest BCUT2D eigenvalue weighted by atomic mass is 16.7. The molecule has 0 fully saturated rings. The molecule has 0 aliphatic carbocycles. The van der Waals surface area contributed by atoms with Crippen LogP contribution in [0.5, 0.6) is 0 Å². The highest BCUT2D eigenvalue weighted by Crippen LogP contribution is 2.26. The molecule has 82 valence electrons. The Balaban J connectivity index is 2.47. The SMILES string of the molecule is CC(OC(=O)O)c1cccc2ccccc12. The van der Waals surface area contributed by atoms with Gasteiger partial charge in [0.2, 0.25) is 0 Å². The van der Waals surface area contributed by atoms with Gasteiger partial charge < -0.3 is 9.84 Å². The molecule has 0 aliphatic heterocycles. The summed E-state index contributed by atoms with van der Waals surface area (Å²) in [6.07, 6.45) is -1.70. The van der Waals surface area contributed by atoms with Crippen LogP contribution in [0, 0.1) is 0 Å². The maximum atomic E-state index is 10.5. The lowest BCUT2D eigenvalue weighted by Crippen LogP contribution is -2.06. The number of carbonyl (C=O) groups is 1. The van der Waals surface area contributed by atoms with Crippen molar-refractivity contribution in [2.24, 2.45) is 0 Å². The Hall–Kier alpha value is -2.03. The Morgan fingerprint density at radius 3 is 2.62 bits per heavy atom. The summed E-state index contributed by atoms with van der Waals surface area (Å²) in [4.78, 5) is 10.5. The van der Waals surface area contributed by atoms with Crippen LogP contribution >= 0.6 is 0 Å². The van der Waals surface area contributed by atoms with Crippen LogP contribution in [-0.2, 0) is 4.74 Å². The van der Waals surface area contributed by atoms with Crippen molar-refractivity contribution < 1.29 is 14.6 Å². The van der Waals surface area contributed by atoms with E-state index in [4.69, 9.17) is 9.84 Å². The van der Waals surface area contributed by atoms with Gasteiger partial charge in [0.05, 0.1) is 0 Å². The summed E-state index contributed by atoms with van der Waals surface area (Å²) >= 11 is 0. The second-order valence-electron chi connectivity index (χ2n) is 3.59. The number of carboxylic acid groups (broad SMARTS) is 1. The minimum atomic E-state index is -1.25. The predicted octanol–water partition coefficient (Wildman–Crippen LogP) is 3.60. The van der Waals surface area contributed by atoms with Gasteiger partial charge in [0, 0.05) is 5.56 Å². The van der Waals surface area contributed by atoms with Gasteiger partial charge in [-0.2, -0.15) is 0 Å². The zero-order chi connectivity index (χ0) is 11.5. The molecular weight excluding hydrogens is 204 g/mol. The van der Waals surface area contributed by atoms with Crippen molar-refractivity contribution in [1.82, 2.24) is 0 Å². The van der Waals surface area contributed by atoms with Crippen molar-refractivity contribution in [1.29, 1.82) is 0 Å². The third-order valence-electron chi connectivity index (χ3n) is 2.54. The number of hydrogen-bond acceptors (Lipinski definition) is 2. The third kappa shape index (κ3) is 1.98. The molecule has 2 aromatic rings. The molecular formula is C13H12O3. The largest absolute Gasteiger partial charge is 0.506 e. The molecule has 0 amide bonds. The summed E-state index contributed by atoms with van der Waals surface area (Å²) in [6.45, 7) is 1.73. The first-order valence-corrected chi connectivity index (χ1v) is 5.05. The van der Waals surface area contributed by atoms with Gasteiger partial charge in [-0.3, -0.25) is 0 Å². The van der Waals surface area contributed by atoms with Crippen molar-refractivity contribution >= 4 is 16.9 Å². The van der Waals surface area contributed by atoms with Crippen LogP contribution in [-0.4, -0.2) is 11.3 Å². The first-order valence-electron chi connectivity index (χ1n) is 5.05. The minimum absolute atomic E-state index is 0.455. The van der Waals surface area contributed by atoms with E-state index >= 15 is 0 Å². The summed E-state index contributed by atoms with van der Waals surface area (Å²) in [6, 6.07) is 13.6. The van der Waals surface area contributed by atoms with E-state index in [2.05, 4.69) is 0 Å². The van der Waals surface area contributed by atoms with Gasteiger partial charge in [0.25, 0.3) is 0 Å². The third-order valence-corrected chi connectivity index (χ3v) is 2.54. The number of benzene rings is 2. The fraction of sp³-hybridized carbons (Fsp3) is 0.154. The molecule has 16 heavy (non-hydrogen) atoms. The van der Waals surface area contributed by atoms with Gasteiger partial charge in [-0.15, -0.1) is 0 Å². The average molecular weight is 216 g/mol. The molecule has 0 radical (unpaired) electrons. The van der Waals surface area contributed by atoms with Crippen LogP contribution in [0.25, 0.3) is 10.8 Å². The van der Waals surface area contributed by atoms with Crippen molar-refractivity contribution in [2.45, 2.75) is 13.0 Å². The maximum absolute atomic E-state index is 10.5. The van der Waals surface area contributed by atoms with E-state index in [-0.39, 0.29) is 0 Å². The Morgan fingerprint density at radius 2 is 1.88 bits per heavy atom. The Morgan fingerprint density at radius 1 is 1.19 bits per heavy atom. The lowest BCUT2D eigenvalue weighted by atomic mass is 10.0. The highest BCUT2D eigenvalue weighted by Gasteiger charge is 2.12. The van der Waals surface area contributed by atoms with E-state index in [1.807, 2.05) is 42.5 Å². The van der Waals surface area contributed by atoms with E-state index in [9.17, 15) is 4.79 Å². The lowest BCUT2D eigenvalue weighted by Gasteiger charge is -2.13. The van der Waals surface area contributed by atoms with Gasteiger partial charge >= 0.3 is 6.16 Å². The quantitative estimate of drug-likeness (QED) is 0.780. The highest BCUT2D eigenvalue weighted by molar-refractivity contribution is 5.86. The van der Waals surface area contributed by atoms with E-state index < -0.39 is 12.3 Å². The lowest BCUT2D eigenvalue weighted by molar-refractivity contribution is 0.0592. The fourth-order valence-electron chi connectivity index (χ4n) is 1.82. The number of rotatable bonds is 2. The van der Waals surface area contributed by atoms with Crippen LogP contribution < -0.4 is 0 Å². The summed E-state index contributed by atoms with van der Waals surface area (Å²) in [5, 5.41) is 10.7. The number of ether oxygens (including phenoxy) is 1. The molecule has 2 aromatic carbocycles. The van der Waals surface area contributed by atoms with Crippen molar-refractivity contribution in [3.05, 3.63) is 48.0 Å². The Bertz CT molecular complexity index is 514. The number of fused-ring (bicyclic) bond motifs is 1. The van der Waals surface area contributed by atoms with Gasteiger partial charge in [-0.1, -0.05) is 42.5 Å². The first kappa shape index (κ1) is 10.5. The molecule has 2 rings (SSSR count). The van der Waals surface area contributed by atoms with Crippen molar-refractivity contribution in [3.8, 4) is 0 Å². The van der Waals surface area contributed by atoms with Gasteiger partial charge in [-0.25, -0.2) is 4.79 Å². The van der Waals surface area contributed by atoms with Crippen LogP contribution in [0.3, 0.4) is 0 Å². The monoisotopic (exact) mass is 216 g/mol. The van der Waals surface area contributed by atoms with Crippen molar-refractivity contribution in [3.63, 3.8) is 0 Å².